The highest BCUT2D eigenvalue weighted by Crippen LogP contribution is 2.20. The number of hydrogen-bond donors (Lipinski definition) is 3. The van der Waals surface area contributed by atoms with E-state index in [0.29, 0.717) is 13.0 Å². The highest BCUT2D eigenvalue weighted by Gasteiger charge is 2.05. The van der Waals surface area contributed by atoms with Crippen molar-refractivity contribution in [3.8, 4) is 5.75 Å². The third kappa shape index (κ3) is 4.63. The van der Waals surface area contributed by atoms with Crippen LogP contribution in [-0.2, 0) is 0 Å². The molecule has 0 fully saturated rings. The zero-order valence-corrected chi connectivity index (χ0v) is 11.0. The molecule has 0 heterocycles. The maximum absolute atomic E-state index is 11.6. The Labute approximate surface area is 107 Å². The number of urea groups is 1. The van der Waals surface area contributed by atoms with Gasteiger partial charge in [0.1, 0.15) is 5.75 Å². The lowest BCUT2D eigenvalue weighted by Gasteiger charge is -2.11. The van der Waals surface area contributed by atoms with Crippen LogP contribution in [0.15, 0.2) is 18.2 Å². The maximum Gasteiger partial charge on any atom is 0.319 e. The molecule has 0 bridgehead atoms. The summed E-state index contributed by atoms with van der Waals surface area (Å²) >= 11 is 0. The Balaban J connectivity index is 2.49. The van der Waals surface area contributed by atoms with Crippen molar-refractivity contribution in [2.24, 2.45) is 0 Å². The van der Waals surface area contributed by atoms with Crippen LogP contribution in [0.25, 0.3) is 0 Å². The number of anilines is 1. The first-order valence-corrected chi connectivity index (χ1v) is 5.90. The zero-order chi connectivity index (χ0) is 13.5. The molecule has 0 aliphatic heterocycles. The number of amides is 2. The smallest absolute Gasteiger partial charge is 0.319 e. The lowest BCUT2D eigenvalue weighted by Crippen LogP contribution is -2.31. The van der Waals surface area contributed by atoms with Gasteiger partial charge >= 0.3 is 6.03 Å². The molecule has 1 rings (SSSR count). The van der Waals surface area contributed by atoms with E-state index in [1.807, 2.05) is 13.0 Å². The molecular weight excluding hydrogens is 232 g/mol. The molecule has 1 aromatic carbocycles. The summed E-state index contributed by atoms with van der Waals surface area (Å²) in [5.41, 5.74) is 1.67. The van der Waals surface area contributed by atoms with Crippen LogP contribution >= 0.6 is 0 Å². The Morgan fingerprint density at radius 1 is 1.50 bits per heavy atom. The van der Waals surface area contributed by atoms with E-state index in [9.17, 15) is 4.79 Å². The van der Waals surface area contributed by atoms with Gasteiger partial charge in [-0.3, -0.25) is 0 Å². The third-order valence-corrected chi connectivity index (χ3v) is 2.53. The second-order valence-electron chi connectivity index (χ2n) is 4.20. The van der Waals surface area contributed by atoms with Gasteiger partial charge in [-0.1, -0.05) is 0 Å². The molecular formula is C13H20N2O3. The monoisotopic (exact) mass is 252 g/mol. The molecule has 0 aromatic heterocycles. The number of carbonyl (C=O) groups excluding carboxylic acids is 1. The summed E-state index contributed by atoms with van der Waals surface area (Å²) in [5.74, 6) is 0.757. The Hall–Kier alpha value is -1.75. The van der Waals surface area contributed by atoms with E-state index in [1.165, 1.54) is 0 Å². The lowest BCUT2D eigenvalue weighted by molar-refractivity contribution is 0.184. The van der Waals surface area contributed by atoms with Crippen LogP contribution in [0.3, 0.4) is 0 Å². The summed E-state index contributed by atoms with van der Waals surface area (Å²) in [7, 11) is 1.60. The second-order valence-corrected chi connectivity index (χ2v) is 4.20. The maximum atomic E-state index is 11.6. The van der Waals surface area contributed by atoms with Gasteiger partial charge in [0.2, 0.25) is 0 Å². The topological polar surface area (TPSA) is 70.6 Å². The van der Waals surface area contributed by atoms with Gasteiger partial charge in [0, 0.05) is 12.2 Å². The van der Waals surface area contributed by atoms with Crippen LogP contribution in [-0.4, -0.2) is 30.9 Å². The van der Waals surface area contributed by atoms with Gasteiger partial charge < -0.3 is 20.5 Å². The van der Waals surface area contributed by atoms with E-state index in [1.54, 1.807) is 26.2 Å². The molecule has 1 unspecified atom stereocenters. The molecule has 0 saturated heterocycles. The number of aryl methyl sites for hydroxylation is 1. The molecule has 18 heavy (non-hydrogen) atoms. The van der Waals surface area contributed by atoms with E-state index < -0.39 is 6.10 Å². The van der Waals surface area contributed by atoms with Crippen molar-refractivity contribution in [1.29, 1.82) is 0 Å². The molecule has 0 radical (unpaired) electrons. The first-order valence-electron chi connectivity index (χ1n) is 5.90. The number of ether oxygens (including phenoxy) is 1. The summed E-state index contributed by atoms with van der Waals surface area (Å²) in [6.45, 7) is 4.03. The van der Waals surface area contributed by atoms with Gasteiger partial charge in [0.25, 0.3) is 0 Å². The van der Waals surface area contributed by atoms with Crippen LogP contribution in [0, 0.1) is 6.92 Å². The third-order valence-electron chi connectivity index (χ3n) is 2.53. The number of rotatable bonds is 5. The average molecular weight is 252 g/mol. The number of methoxy groups -OCH3 is 1. The minimum atomic E-state index is -0.409. The largest absolute Gasteiger partial charge is 0.497 e. The fourth-order valence-corrected chi connectivity index (χ4v) is 1.46. The summed E-state index contributed by atoms with van der Waals surface area (Å²) < 4.78 is 5.09. The van der Waals surface area contributed by atoms with Crippen molar-refractivity contribution < 1.29 is 14.6 Å². The second kappa shape index (κ2) is 6.86. The average Bonchev–Trinajstić information content (AvgIpc) is 2.31. The molecule has 0 saturated carbocycles. The summed E-state index contributed by atoms with van der Waals surface area (Å²) in [6.07, 6.45) is 0.127. The van der Waals surface area contributed by atoms with Crippen molar-refractivity contribution in [1.82, 2.24) is 5.32 Å². The predicted octanol–water partition coefficient (Wildman–Crippen LogP) is 1.90. The van der Waals surface area contributed by atoms with Gasteiger partial charge in [-0.15, -0.1) is 0 Å². The SMILES string of the molecule is COc1ccc(NC(=O)NCCC(C)O)c(C)c1. The van der Waals surface area contributed by atoms with Gasteiger partial charge in [0.15, 0.2) is 0 Å². The first-order chi connectivity index (χ1) is 8.52. The highest BCUT2D eigenvalue weighted by atomic mass is 16.5. The van der Waals surface area contributed by atoms with Gasteiger partial charge in [0.05, 0.1) is 13.2 Å². The summed E-state index contributed by atoms with van der Waals surface area (Å²) in [6, 6.07) is 5.16. The number of nitrogens with one attached hydrogen (secondary N) is 2. The lowest BCUT2D eigenvalue weighted by atomic mass is 10.2. The van der Waals surface area contributed by atoms with Crippen LogP contribution in [0.1, 0.15) is 18.9 Å². The highest BCUT2D eigenvalue weighted by molar-refractivity contribution is 5.90. The van der Waals surface area contributed by atoms with E-state index >= 15 is 0 Å². The summed E-state index contributed by atoms with van der Waals surface area (Å²) in [4.78, 5) is 11.6. The molecule has 0 aliphatic rings. The fourth-order valence-electron chi connectivity index (χ4n) is 1.46. The first kappa shape index (κ1) is 14.3. The Bertz CT molecular complexity index is 405. The molecule has 0 spiro atoms. The van der Waals surface area contributed by atoms with Gasteiger partial charge in [-0.2, -0.15) is 0 Å². The van der Waals surface area contributed by atoms with Crippen LogP contribution in [0.5, 0.6) is 5.75 Å². The molecule has 0 aliphatic carbocycles. The van der Waals surface area contributed by atoms with Crippen LogP contribution in [0.2, 0.25) is 0 Å². The standard InChI is InChI=1S/C13H20N2O3/c1-9-8-11(18-3)4-5-12(9)15-13(17)14-7-6-10(2)16/h4-5,8,10,16H,6-7H2,1-3H3,(H2,14,15,17). The van der Waals surface area contributed by atoms with Crippen molar-refractivity contribution in [2.75, 3.05) is 19.0 Å². The zero-order valence-electron chi connectivity index (χ0n) is 11.0. The minimum Gasteiger partial charge on any atom is -0.497 e. The van der Waals surface area contributed by atoms with E-state index in [0.717, 1.165) is 17.0 Å². The van der Waals surface area contributed by atoms with Gasteiger partial charge in [-0.25, -0.2) is 4.79 Å². The molecule has 2 amide bonds. The molecule has 1 aromatic rings. The van der Waals surface area contributed by atoms with Crippen molar-refractivity contribution in [3.05, 3.63) is 23.8 Å². The van der Waals surface area contributed by atoms with E-state index in [-0.39, 0.29) is 6.03 Å². The van der Waals surface area contributed by atoms with Crippen LogP contribution < -0.4 is 15.4 Å². The fraction of sp³-hybridized carbons (Fsp3) is 0.462. The molecule has 100 valence electrons. The number of aliphatic hydroxyl groups excluding tert-OH is 1. The number of carbonyl (C=O) groups is 1. The number of benzene rings is 1. The molecule has 1 atom stereocenters. The van der Waals surface area contributed by atoms with E-state index in [4.69, 9.17) is 9.84 Å². The Morgan fingerprint density at radius 3 is 2.78 bits per heavy atom. The van der Waals surface area contributed by atoms with Crippen molar-refractivity contribution >= 4 is 11.7 Å². The number of hydrogen-bond acceptors (Lipinski definition) is 3. The van der Waals surface area contributed by atoms with Crippen molar-refractivity contribution in [3.63, 3.8) is 0 Å². The quantitative estimate of drug-likeness (QED) is 0.749. The number of aliphatic hydroxyl groups is 1. The molecule has 5 heteroatoms. The molecule has 5 nitrogen and oxygen atoms in total. The Kier molecular flexibility index (Phi) is 5.45. The molecule has 3 N–H and O–H groups in total. The minimum absolute atomic E-state index is 0.274. The normalized spacial score (nSPS) is 11.8. The summed E-state index contributed by atoms with van der Waals surface area (Å²) in [5, 5.41) is 14.5. The Morgan fingerprint density at radius 2 is 2.22 bits per heavy atom. The van der Waals surface area contributed by atoms with Gasteiger partial charge in [-0.05, 0) is 44.0 Å². The predicted molar refractivity (Wildman–Crippen MR) is 71.1 cm³/mol. The van der Waals surface area contributed by atoms with Crippen LogP contribution in [0.4, 0.5) is 10.5 Å². The van der Waals surface area contributed by atoms with Crippen molar-refractivity contribution in [2.45, 2.75) is 26.4 Å². The van der Waals surface area contributed by atoms with E-state index in [2.05, 4.69) is 10.6 Å².